The summed E-state index contributed by atoms with van der Waals surface area (Å²) in [6, 6.07) is 0. The predicted molar refractivity (Wildman–Crippen MR) is 65.4 cm³/mol. The molecule has 4 nitrogen and oxygen atoms in total. The van der Waals surface area contributed by atoms with Gasteiger partial charge in [-0.3, -0.25) is 0 Å². The molecule has 1 saturated heterocycles. The Balaban J connectivity index is 1.98. The maximum Gasteiger partial charge on any atom is 0.225 e. The molecule has 1 aliphatic rings. The van der Waals surface area contributed by atoms with Crippen molar-refractivity contribution < 1.29 is 0 Å². The molecule has 0 saturated carbocycles. The average Bonchev–Trinajstić information content (AvgIpc) is 2.83. The molecule has 0 aliphatic carbocycles. The number of hydrogen-bond acceptors (Lipinski definition) is 4. The quantitative estimate of drug-likeness (QED) is 0.828. The summed E-state index contributed by atoms with van der Waals surface area (Å²) >= 11 is 0. The van der Waals surface area contributed by atoms with E-state index < -0.39 is 0 Å². The summed E-state index contributed by atoms with van der Waals surface area (Å²) in [5.74, 6) is 1.38. The van der Waals surface area contributed by atoms with Crippen molar-refractivity contribution >= 4 is 5.95 Å². The van der Waals surface area contributed by atoms with Gasteiger partial charge in [0.2, 0.25) is 5.95 Å². The summed E-state index contributed by atoms with van der Waals surface area (Å²) in [6.07, 6.45) is 7.36. The molecule has 88 valence electrons. The van der Waals surface area contributed by atoms with Crippen molar-refractivity contribution in [3.8, 4) is 0 Å². The highest BCUT2D eigenvalue weighted by Gasteiger charge is 2.14. The minimum atomic E-state index is 0.501. The first-order valence-corrected chi connectivity index (χ1v) is 6.05. The van der Waals surface area contributed by atoms with Crippen LogP contribution in [0.15, 0.2) is 12.4 Å². The molecule has 2 N–H and O–H groups in total. The molecule has 0 aromatic carbocycles. The lowest BCUT2D eigenvalue weighted by atomic mass is 10.0. The Hall–Kier alpha value is -1.16. The smallest absolute Gasteiger partial charge is 0.225 e. The summed E-state index contributed by atoms with van der Waals surface area (Å²) in [5.41, 5.74) is 6.78. The van der Waals surface area contributed by atoms with Crippen LogP contribution in [0.4, 0.5) is 5.95 Å². The zero-order valence-electron chi connectivity index (χ0n) is 9.89. The Bertz CT molecular complexity index is 316. The van der Waals surface area contributed by atoms with Crippen LogP contribution in [0.1, 0.15) is 25.3 Å². The summed E-state index contributed by atoms with van der Waals surface area (Å²) in [6.45, 7) is 5.05. The molecule has 1 fully saturated rings. The van der Waals surface area contributed by atoms with Crippen LogP contribution >= 0.6 is 0 Å². The Morgan fingerprint density at radius 2 is 1.94 bits per heavy atom. The molecule has 1 unspecified atom stereocenters. The molecule has 0 spiro atoms. The fraction of sp³-hybridized carbons (Fsp3) is 0.667. The van der Waals surface area contributed by atoms with E-state index in [2.05, 4.69) is 21.8 Å². The summed E-state index contributed by atoms with van der Waals surface area (Å²) in [5, 5.41) is 0. The van der Waals surface area contributed by atoms with Crippen LogP contribution in [0.2, 0.25) is 0 Å². The van der Waals surface area contributed by atoms with E-state index in [1.54, 1.807) is 0 Å². The SMILES string of the molecule is CC(CN)Cc1cnc(N2CCCC2)nc1. The maximum atomic E-state index is 5.60. The number of hydrogen-bond donors (Lipinski definition) is 1. The Labute approximate surface area is 96.9 Å². The van der Waals surface area contributed by atoms with Crippen LogP contribution in [0, 0.1) is 5.92 Å². The highest BCUT2D eigenvalue weighted by atomic mass is 15.3. The molecule has 0 bridgehead atoms. The normalized spacial score (nSPS) is 17.8. The van der Waals surface area contributed by atoms with Gasteiger partial charge in [0.15, 0.2) is 0 Å². The van der Waals surface area contributed by atoms with Crippen LogP contribution in [0.5, 0.6) is 0 Å². The first-order chi connectivity index (χ1) is 7.79. The Morgan fingerprint density at radius 1 is 1.31 bits per heavy atom. The van der Waals surface area contributed by atoms with E-state index in [1.807, 2.05) is 12.4 Å². The number of nitrogens with zero attached hydrogens (tertiary/aromatic N) is 3. The van der Waals surface area contributed by atoms with Crippen molar-refractivity contribution in [1.29, 1.82) is 0 Å². The monoisotopic (exact) mass is 220 g/mol. The number of nitrogens with two attached hydrogens (primary N) is 1. The van der Waals surface area contributed by atoms with Crippen LogP contribution in [-0.4, -0.2) is 29.6 Å². The fourth-order valence-corrected chi connectivity index (χ4v) is 2.02. The third kappa shape index (κ3) is 2.70. The van der Waals surface area contributed by atoms with Gasteiger partial charge in [0.25, 0.3) is 0 Å². The molecule has 1 aromatic heterocycles. The third-order valence-electron chi connectivity index (χ3n) is 3.07. The first-order valence-electron chi connectivity index (χ1n) is 6.05. The topological polar surface area (TPSA) is 55.0 Å². The molecule has 0 radical (unpaired) electrons. The van der Waals surface area contributed by atoms with Crippen molar-refractivity contribution in [2.45, 2.75) is 26.2 Å². The van der Waals surface area contributed by atoms with Crippen molar-refractivity contribution in [3.05, 3.63) is 18.0 Å². The van der Waals surface area contributed by atoms with Crippen LogP contribution in [0.25, 0.3) is 0 Å². The average molecular weight is 220 g/mol. The van der Waals surface area contributed by atoms with Gasteiger partial charge in [-0.1, -0.05) is 6.92 Å². The van der Waals surface area contributed by atoms with Gasteiger partial charge in [-0.15, -0.1) is 0 Å². The van der Waals surface area contributed by atoms with Crippen molar-refractivity contribution in [1.82, 2.24) is 9.97 Å². The van der Waals surface area contributed by atoms with Crippen LogP contribution in [-0.2, 0) is 6.42 Å². The molecular formula is C12H20N4. The fourth-order valence-electron chi connectivity index (χ4n) is 2.02. The van der Waals surface area contributed by atoms with Gasteiger partial charge in [0, 0.05) is 25.5 Å². The van der Waals surface area contributed by atoms with Gasteiger partial charge >= 0.3 is 0 Å². The molecular weight excluding hydrogens is 200 g/mol. The maximum absolute atomic E-state index is 5.60. The molecule has 2 rings (SSSR count). The number of rotatable bonds is 4. The third-order valence-corrected chi connectivity index (χ3v) is 3.07. The van der Waals surface area contributed by atoms with Gasteiger partial charge in [-0.2, -0.15) is 0 Å². The minimum Gasteiger partial charge on any atom is -0.341 e. The molecule has 1 aliphatic heterocycles. The lowest BCUT2D eigenvalue weighted by Crippen LogP contribution is -2.20. The van der Waals surface area contributed by atoms with Gasteiger partial charge in [-0.05, 0) is 37.3 Å². The van der Waals surface area contributed by atoms with E-state index in [0.29, 0.717) is 12.5 Å². The second-order valence-corrected chi connectivity index (χ2v) is 4.63. The van der Waals surface area contributed by atoms with E-state index in [-0.39, 0.29) is 0 Å². The molecule has 2 heterocycles. The van der Waals surface area contributed by atoms with E-state index in [4.69, 9.17) is 5.73 Å². The van der Waals surface area contributed by atoms with E-state index >= 15 is 0 Å². The van der Waals surface area contributed by atoms with Crippen molar-refractivity contribution in [2.24, 2.45) is 11.7 Å². The summed E-state index contributed by atoms with van der Waals surface area (Å²) < 4.78 is 0. The first kappa shape index (κ1) is 11.3. The zero-order chi connectivity index (χ0) is 11.4. The second-order valence-electron chi connectivity index (χ2n) is 4.63. The van der Waals surface area contributed by atoms with E-state index in [9.17, 15) is 0 Å². The molecule has 1 atom stereocenters. The molecule has 16 heavy (non-hydrogen) atoms. The van der Waals surface area contributed by atoms with Crippen LogP contribution in [0.3, 0.4) is 0 Å². The minimum absolute atomic E-state index is 0.501. The van der Waals surface area contributed by atoms with Crippen LogP contribution < -0.4 is 10.6 Å². The van der Waals surface area contributed by atoms with E-state index in [1.165, 1.54) is 18.4 Å². The number of anilines is 1. The largest absolute Gasteiger partial charge is 0.341 e. The summed E-state index contributed by atoms with van der Waals surface area (Å²) in [7, 11) is 0. The van der Waals surface area contributed by atoms with Crippen molar-refractivity contribution in [3.63, 3.8) is 0 Å². The predicted octanol–water partition coefficient (Wildman–Crippen LogP) is 1.21. The summed E-state index contributed by atoms with van der Waals surface area (Å²) in [4.78, 5) is 11.1. The van der Waals surface area contributed by atoms with Gasteiger partial charge in [0.05, 0.1) is 0 Å². The Kier molecular flexibility index (Phi) is 3.72. The zero-order valence-corrected chi connectivity index (χ0v) is 9.89. The highest BCUT2D eigenvalue weighted by Crippen LogP contribution is 2.15. The van der Waals surface area contributed by atoms with Gasteiger partial charge < -0.3 is 10.6 Å². The lowest BCUT2D eigenvalue weighted by Gasteiger charge is -2.15. The number of aromatic nitrogens is 2. The molecule has 4 heteroatoms. The highest BCUT2D eigenvalue weighted by molar-refractivity contribution is 5.31. The second kappa shape index (κ2) is 5.25. The Morgan fingerprint density at radius 3 is 2.50 bits per heavy atom. The standard InChI is InChI=1S/C12H20N4/c1-10(7-13)6-11-8-14-12(15-9-11)16-4-2-3-5-16/h8-10H,2-7,13H2,1H3. The van der Waals surface area contributed by atoms with Crippen molar-refractivity contribution in [2.75, 3.05) is 24.5 Å². The van der Waals surface area contributed by atoms with Gasteiger partial charge in [-0.25, -0.2) is 9.97 Å². The molecule has 1 aromatic rings. The lowest BCUT2D eigenvalue weighted by molar-refractivity contribution is 0.590. The van der Waals surface area contributed by atoms with E-state index in [0.717, 1.165) is 25.5 Å². The molecule has 0 amide bonds. The van der Waals surface area contributed by atoms with Gasteiger partial charge in [0.1, 0.15) is 0 Å².